The second-order valence-electron chi connectivity index (χ2n) is 3.41. The topological polar surface area (TPSA) is 32.3 Å². The second-order valence-corrected chi connectivity index (χ2v) is 6.00. The molecule has 0 fully saturated rings. The lowest BCUT2D eigenvalue weighted by molar-refractivity contribution is 0.160. The maximum absolute atomic E-state index is 9.49. The van der Waals surface area contributed by atoms with Gasteiger partial charge in [-0.15, -0.1) is 11.3 Å². The predicted octanol–water partition coefficient (Wildman–Crippen LogP) is 3.41. The van der Waals surface area contributed by atoms with Gasteiger partial charge in [0.1, 0.15) is 4.34 Å². The Balaban J connectivity index is 2.25. The molecule has 0 saturated carbocycles. The van der Waals surface area contributed by atoms with Crippen molar-refractivity contribution in [2.75, 3.05) is 6.54 Å². The van der Waals surface area contributed by atoms with E-state index in [0.717, 1.165) is 28.2 Å². The number of aliphatic hydroxyl groups excluding tert-OH is 1. The largest absolute Gasteiger partial charge is 0.392 e. The summed E-state index contributed by atoms with van der Waals surface area (Å²) < 4.78 is 1.72. The summed E-state index contributed by atoms with van der Waals surface area (Å²) in [6.45, 7) is 3.47. The van der Waals surface area contributed by atoms with Crippen LogP contribution >= 0.6 is 38.9 Å². The first-order valence-corrected chi connectivity index (χ1v) is 6.94. The average Bonchev–Trinajstić information content (AvgIpc) is 2.46. The number of nitrogens with one attached hydrogen (secondary N) is 1. The second kappa shape index (κ2) is 6.86. The van der Waals surface area contributed by atoms with Gasteiger partial charge in [-0.05, 0) is 28.4 Å². The van der Waals surface area contributed by atoms with Crippen molar-refractivity contribution in [2.45, 2.75) is 32.4 Å². The molecule has 1 rings (SSSR count). The molecule has 1 unspecified atom stereocenters. The number of aliphatic hydroxyl groups is 1. The molecule has 0 radical (unpaired) electrons. The first-order chi connectivity index (χ1) is 7.13. The molecule has 1 aromatic heterocycles. The lowest BCUT2D eigenvalue weighted by Gasteiger charge is -2.09. The molecule has 0 aromatic carbocycles. The number of thiophene rings is 1. The molecule has 0 saturated heterocycles. The van der Waals surface area contributed by atoms with E-state index in [2.05, 4.69) is 28.2 Å². The molecule has 1 aromatic rings. The van der Waals surface area contributed by atoms with Crippen LogP contribution in [-0.2, 0) is 6.54 Å². The van der Waals surface area contributed by atoms with Gasteiger partial charge in [0.05, 0.1) is 6.10 Å². The average molecular weight is 313 g/mol. The lowest BCUT2D eigenvalue weighted by atomic mass is 10.2. The zero-order valence-corrected chi connectivity index (χ0v) is 11.8. The standard InChI is InChI=1S/C10H15BrClNOS/c1-2-3-7(14)5-13-6-8-4-9(11)10(12)15-8/h4,7,13-14H,2-3,5-6H2,1H3. The third-order valence-electron chi connectivity index (χ3n) is 2.00. The molecule has 5 heteroatoms. The lowest BCUT2D eigenvalue weighted by Crippen LogP contribution is -2.25. The fraction of sp³-hybridized carbons (Fsp3) is 0.600. The van der Waals surface area contributed by atoms with Crippen LogP contribution in [0.3, 0.4) is 0 Å². The van der Waals surface area contributed by atoms with Crippen molar-refractivity contribution in [3.05, 3.63) is 19.8 Å². The fourth-order valence-electron chi connectivity index (χ4n) is 1.28. The summed E-state index contributed by atoms with van der Waals surface area (Å²) in [6.07, 6.45) is 1.62. The summed E-state index contributed by atoms with van der Waals surface area (Å²) in [6, 6.07) is 2.01. The Bertz CT molecular complexity index is 286. The third kappa shape index (κ3) is 4.83. The van der Waals surface area contributed by atoms with Crippen LogP contribution in [0.5, 0.6) is 0 Å². The van der Waals surface area contributed by atoms with Gasteiger partial charge in [-0.3, -0.25) is 0 Å². The van der Waals surface area contributed by atoms with Gasteiger partial charge in [0, 0.05) is 22.4 Å². The van der Waals surface area contributed by atoms with Crippen LogP contribution in [0, 0.1) is 0 Å². The summed E-state index contributed by atoms with van der Waals surface area (Å²) in [5.41, 5.74) is 0. The van der Waals surface area contributed by atoms with Crippen LogP contribution in [0.1, 0.15) is 24.6 Å². The summed E-state index contributed by atoms with van der Waals surface area (Å²) in [4.78, 5) is 1.18. The Labute approximate surface area is 108 Å². The van der Waals surface area contributed by atoms with Crippen molar-refractivity contribution in [3.63, 3.8) is 0 Å². The highest BCUT2D eigenvalue weighted by atomic mass is 79.9. The van der Waals surface area contributed by atoms with Gasteiger partial charge in [0.2, 0.25) is 0 Å². The van der Waals surface area contributed by atoms with Gasteiger partial charge >= 0.3 is 0 Å². The highest BCUT2D eigenvalue weighted by Crippen LogP contribution is 2.31. The molecule has 2 nitrogen and oxygen atoms in total. The SMILES string of the molecule is CCCC(O)CNCc1cc(Br)c(Cl)s1. The van der Waals surface area contributed by atoms with Gasteiger partial charge in [-0.25, -0.2) is 0 Å². The molecule has 0 bridgehead atoms. The smallest absolute Gasteiger partial charge is 0.107 e. The molecule has 15 heavy (non-hydrogen) atoms. The number of halogens is 2. The highest BCUT2D eigenvalue weighted by Gasteiger charge is 2.05. The summed E-state index contributed by atoms with van der Waals surface area (Å²) in [5, 5.41) is 12.7. The zero-order chi connectivity index (χ0) is 11.3. The van der Waals surface area contributed by atoms with Crippen LogP contribution in [0.15, 0.2) is 10.5 Å². The molecule has 0 aliphatic rings. The predicted molar refractivity (Wildman–Crippen MR) is 69.7 cm³/mol. The maximum Gasteiger partial charge on any atom is 0.107 e. The number of rotatable bonds is 6. The Hall–Kier alpha value is 0.390. The van der Waals surface area contributed by atoms with E-state index in [9.17, 15) is 5.11 Å². The van der Waals surface area contributed by atoms with E-state index in [1.807, 2.05) is 6.07 Å². The van der Waals surface area contributed by atoms with Crippen molar-refractivity contribution in [2.24, 2.45) is 0 Å². The van der Waals surface area contributed by atoms with Crippen molar-refractivity contribution >= 4 is 38.9 Å². The number of hydrogen-bond donors (Lipinski definition) is 2. The number of hydrogen-bond acceptors (Lipinski definition) is 3. The minimum absolute atomic E-state index is 0.242. The summed E-state index contributed by atoms with van der Waals surface area (Å²) in [5.74, 6) is 0. The van der Waals surface area contributed by atoms with Gasteiger partial charge in [-0.1, -0.05) is 24.9 Å². The molecule has 0 spiro atoms. The molecule has 1 heterocycles. The molecule has 0 aliphatic heterocycles. The normalized spacial score (nSPS) is 13.1. The van der Waals surface area contributed by atoms with E-state index in [1.165, 1.54) is 4.88 Å². The van der Waals surface area contributed by atoms with E-state index in [1.54, 1.807) is 11.3 Å². The summed E-state index contributed by atoms with van der Waals surface area (Å²) in [7, 11) is 0. The molecule has 2 N–H and O–H groups in total. The Morgan fingerprint density at radius 2 is 2.40 bits per heavy atom. The molecule has 0 aliphatic carbocycles. The van der Waals surface area contributed by atoms with E-state index in [4.69, 9.17) is 11.6 Å². The minimum atomic E-state index is -0.242. The van der Waals surface area contributed by atoms with E-state index < -0.39 is 0 Å². The van der Waals surface area contributed by atoms with Gasteiger partial charge in [-0.2, -0.15) is 0 Å². The minimum Gasteiger partial charge on any atom is -0.392 e. The Morgan fingerprint density at radius 3 is 2.93 bits per heavy atom. The summed E-state index contributed by atoms with van der Waals surface area (Å²) >= 11 is 10.8. The first kappa shape index (κ1) is 13.5. The zero-order valence-electron chi connectivity index (χ0n) is 8.59. The van der Waals surface area contributed by atoms with E-state index in [0.29, 0.717) is 6.54 Å². The maximum atomic E-state index is 9.49. The Morgan fingerprint density at radius 1 is 1.67 bits per heavy atom. The third-order valence-corrected chi connectivity index (χ3v) is 4.47. The van der Waals surface area contributed by atoms with Crippen LogP contribution in [0.2, 0.25) is 4.34 Å². The first-order valence-electron chi connectivity index (χ1n) is 4.96. The highest BCUT2D eigenvalue weighted by molar-refractivity contribution is 9.10. The van der Waals surface area contributed by atoms with Crippen molar-refractivity contribution in [1.82, 2.24) is 5.32 Å². The monoisotopic (exact) mass is 311 g/mol. The van der Waals surface area contributed by atoms with Crippen LogP contribution in [-0.4, -0.2) is 17.8 Å². The molecular formula is C10H15BrClNOS. The van der Waals surface area contributed by atoms with Crippen molar-refractivity contribution in [1.29, 1.82) is 0 Å². The molecule has 0 amide bonds. The van der Waals surface area contributed by atoms with E-state index >= 15 is 0 Å². The quantitative estimate of drug-likeness (QED) is 0.843. The molecular weight excluding hydrogens is 298 g/mol. The Kier molecular flexibility index (Phi) is 6.16. The molecule has 86 valence electrons. The van der Waals surface area contributed by atoms with E-state index in [-0.39, 0.29) is 6.10 Å². The van der Waals surface area contributed by atoms with Gasteiger partial charge in [0.15, 0.2) is 0 Å². The molecule has 1 atom stereocenters. The van der Waals surface area contributed by atoms with Crippen LogP contribution < -0.4 is 5.32 Å². The van der Waals surface area contributed by atoms with Gasteiger partial charge in [0.25, 0.3) is 0 Å². The van der Waals surface area contributed by atoms with Crippen LogP contribution in [0.4, 0.5) is 0 Å². The van der Waals surface area contributed by atoms with Crippen molar-refractivity contribution in [3.8, 4) is 0 Å². The van der Waals surface area contributed by atoms with Crippen molar-refractivity contribution < 1.29 is 5.11 Å². The van der Waals surface area contributed by atoms with Gasteiger partial charge < -0.3 is 10.4 Å². The van der Waals surface area contributed by atoms with Crippen LogP contribution in [0.25, 0.3) is 0 Å². The fourth-order valence-corrected chi connectivity index (χ4v) is 3.04.